The number of carbonyl (C=O) groups is 4. The average Bonchev–Trinajstić information content (AvgIpc) is 3.36. The Balaban J connectivity index is 1.41. The van der Waals surface area contributed by atoms with E-state index in [9.17, 15) is 24.0 Å². The smallest absolute Gasteiger partial charge is 0.330 e. The Morgan fingerprint density at radius 3 is 2.42 bits per heavy atom. The number of hydrogen-bond donors (Lipinski definition) is 3. The Labute approximate surface area is 205 Å². The molecule has 0 saturated carbocycles. The molecular weight excluding hydrogens is 464 g/mol. The zero-order chi connectivity index (χ0) is 25.9. The number of urea groups is 1. The van der Waals surface area contributed by atoms with Gasteiger partial charge in [-0.1, -0.05) is 12.1 Å². The zero-order valence-electron chi connectivity index (χ0n) is 20.2. The molecule has 1 aromatic heterocycles. The molecule has 0 unspecified atom stereocenters. The van der Waals surface area contributed by atoms with Crippen LogP contribution in [0.1, 0.15) is 22.3 Å². The van der Waals surface area contributed by atoms with E-state index in [0.717, 1.165) is 22.3 Å². The molecule has 1 atom stereocenters. The molecule has 5 amide bonds. The number of nitrogens with two attached hydrogens (primary N) is 1. The van der Waals surface area contributed by atoms with Crippen LogP contribution in [0.4, 0.5) is 10.5 Å². The summed E-state index contributed by atoms with van der Waals surface area (Å²) in [6.45, 7) is 3.18. The van der Waals surface area contributed by atoms with Gasteiger partial charge in [0.25, 0.3) is 5.91 Å². The third-order valence-electron chi connectivity index (χ3n) is 7.11. The van der Waals surface area contributed by atoms with Crippen molar-refractivity contribution in [2.45, 2.75) is 45.3 Å². The molecule has 2 aliphatic rings. The van der Waals surface area contributed by atoms with Gasteiger partial charge in [0.1, 0.15) is 18.6 Å². The van der Waals surface area contributed by atoms with Crippen molar-refractivity contribution in [3.8, 4) is 0 Å². The molecule has 4 N–H and O–H groups in total. The third kappa shape index (κ3) is 3.55. The molecule has 0 radical (unpaired) electrons. The number of nitrogens with zero attached hydrogens (tertiary/aromatic N) is 3. The van der Waals surface area contributed by atoms with Gasteiger partial charge in [-0.05, 0) is 54.3 Å². The minimum Gasteiger partial charge on any atom is -0.368 e. The predicted molar refractivity (Wildman–Crippen MR) is 131 cm³/mol. The molecule has 11 heteroatoms. The highest BCUT2D eigenvalue weighted by Crippen LogP contribution is 2.38. The van der Waals surface area contributed by atoms with Crippen LogP contribution in [0.5, 0.6) is 0 Å². The number of carbonyl (C=O) groups excluding carboxylic acids is 4. The summed E-state index contributed by atoms with van der Waals surface area (Å²) in [6, 6.07) is 8.63. The summed E-state index contributed by atoms with van der Waals surface area (Å²) in [5.74, 6) is -1.40. The van der Waals surface area contributed by atoms with Crippen LogP contribution in [-0.4, -0.2) is 50.4 Å². The number of imidazole rings is 1. The predicted octanol–water partition coefficient (Wildman–Crippen LogP) is 0.563. The van der Waals surface area contributed by atoms with Crippen molar-refractivity contribution >= 4 is 40.5 Å². The van der Waals surface area contributed by atoms with Crippen LogP contribution in [0.25, 0.3) is 11.0 Å². The van der Waals surface area contributed by atoms with Crippen LogP contribution in [0.3, 0.4) is 0 Å². The summed E-state index contributed by atoms with van der Waals surface area (Å²) >= 11 is 0. The fourth-order valence-corrected chi connectivity index (χ4v) is 5.41. The van der Waals surface area contributed by atoms with Crippen molar-refractivity contribution < 1.29 is 19.2 Å². The standard InChI is InChI=1S/C25H26N6O5/c1-13-6-14(2)21-18(7-13)30(24(36)31(21)11-19(26)32)12-20(33)27-17-5-4-15-9-25(10-16(15)8-17)22(34)28-23(35)29(25)3/h4-8H,9-12H2,1-3H3,(H2,26,32)(H,27,33)(H,28,34,35)/t25-/m1/s1. The molecule has 5 rings (SSSR count). The van der Waals surface area contributed by atoms with Crippen LogP contribution in [0, 0.1) is 13.8 Å². The van der Waals surface area contributed by atoms with E-state index >= 15 is 0 Å². The number of fused-ring (bicyclic) bond motifs is 2. The van der Waals surface area contributed by atoms with Crippen molar-refractivity contribution in [1.82, 2.24) is 19.4 Å². The van der Waals surface area contributed by atoms with Gasteiger partial charge in [0.2, 0.25) is 11.8 Å². The van der Waals surface area contributed by atoms with Gasteiger partial charge < -0.3 is 16.0 Å². The number of aromatic nitrogens is 2. The number of benzene rings is 2. The molecule has 0 bridgehead atoms. The van der Waals surface area contributed by atoms with Gasteiger partial charge in [-0.15, -0.1) is 0 Å². The van der Waals surface area contributed by atoms with Crippen LogP contribution >= 0.6 is 0 Å². The summed E-state index contributed by atoms with van der Waals surface area (Å²) in [5.41, 5.74) is 9.05. The maximum atomic E-state index is 13.1. The van der Waals surface area contributed by atoms with Crippen molar-refractivity contribution in [3.63, 3.8) is 0 Å². The minimum atomic E-state index is -0.951. The maximum Gasteiger partial charge on any atom is 0.330 e. The Kier molecular flexibility index (Phi) is 5.24. The Morgan fingerprint density at radius 2 is 1.75 bits per heavy atom. The lowest BCUT2D eigenvalue weighted by Crippen LogP contribution is -2.48. The lowest BCUT2D eigenvalue weighted by molar-refractivity contribution is -0.126. The van der Waals surface area contributed by atoms with E-state index in [2.05, 4.69) is 10.6 Å². The van der Waals surface area contributed by atoms with Crippen LogP contribution < -0.4 is 22.1 Å². The van der Waals surface area contributed by atoms with E-state index in [0.29, 0.717) is 29.6 Å². The van der Waals surface area contributed by atoms with Gasteiger partial charge in [0.05, 0.1) is 11.0 Å². The van der Waals surface area contributed by atoms with Crippen molar-refractivity contribution in [1.29, 1.82) is 0 Å². The summed E-state index contributed by atoms with van der Waals surface area (Å²) in [4.78, 5) is 63.6. The van der Waals surface area contributed by atoms with Gasteiger partial charge in [-0.25, -0.2) is 9.59 Å². The quantitative estimate of drug-likeness (QED) is 0.447. The number of anilines is 1. The van der Waals surface area contributed by atoms with Crippen molar-refractivity contribution in [2.75, 3.05) is 12.4 Å². The van der Waals surface area contributed by atoms with E-state index in [1.54, 1.807) is 25.2 Å². The number of primary amides is 1. The fourth-order valence-electron chi connectivity index (χ4n) is 5.41. The first-order valence-corrected chi connectivity index (χ1v) is 11.5. The second-order valence-corrected chi connectivity index (χ2v) is 9.61. The first-order chi connectivity index (χ1) is 17.0. The summed E-state index contributed by atoms with van der Waals surface area (Å²) in [7, 11) is 1.60. The van der Waals surface area contributed by atoms with E-state index in [1.807, 2.05) is 26.0 Å². The minimum absolute atomic E-state index is 0.259. The topological polar surface area (TPSA) is 149 Å². The molecule has 1 aliphatic carbocycles. The van der Waals surface area contributed by atoms with E-state index in [-0.39, 0.29) is 19.0 Å². The van der Waals surface area contributed by atoms with Gasteiger partial charge in [-0.2, -0.15) is 0 Å². The van der Waals surface area contributed by atoms with Gasteiger partial charge in [0.15, 0.2) is 0 Å². The largest absolute Gasteiger partial charge is 0.368 e. The molecule has 36 heavy (non-hydrogen) atoms. The molecule has 11 nitrogen and oxygen atoms in total. The van der Waals surface area contributed by atoms with E-state index in [1.165, 1.54) is 14.0 Å². The fraction of sp³-hybridized carbons (Fsp3) is 0.320. The Bertz CT molecular complexity index is 1550. The molecule has 1 spiro atoms. The second-order valence-electron chi connectivity index (χ2n) is 9.61. The summed E-state index contributed by atoms with van der Waals surface area (Å²) in [6.07, 6.45) is 0.747. The highest BCUT2D eigenvalue weighted by Gasteiger charge is 2.54. The summed E-state index contributed by atoms with van der Waals surface area (Å²) < 4.78 is 2.62. The van der Waals surface area contributed by atoms with Crippen molar-refractivity contribution in [2.24, 2.45) is 5.73 Å². The SMILES string of the molecule is Cc1cc(C)c2c(c1)n(CC(=O)Nc1ccc3c(c1)C[C@]1(C3)C(=O)NC(=O)N1C)c(=O)n2CC(N)=O. The lowest BCUT2D eigenvalue weighted by Gasteiger charge is -2.27. The van der Waals surface area contributed by atoms with Gasteiger partial charge >= 0.3 is 11.7 Å². The van der Waals surface area contributed by atoms with Crippen molar-refractivity contribution in [3.05, 3.63) is 63.1 Å². The number of amides is 5. The van der Waals surface area contributed by atoms with Crippen LogP contribution in [0.2, 0.25) is 0 Å². The molecule has 1 fully saturated rings. The number of imide groups is 1. The number of hydrogen-bond acceptors (Lipinski definition) is 5. The molecule has 1 saturated heterocycles. The number of nitrogens with one attached hydrogen (secondary N) is 2. The molecule has 2 aromatic carbocycles. The van der Waals surface area contributed by atoms with Gasteiger partial charge in [0, 0.05) is 25.6 Å². The molecular formula is C25H26N6O5. The maximum absolute atomic E-state index is 13.1. The molecule has 1 aliphatic heterocycles. The molecule has 186 valence electrons. The molecule has 3 aromatic rings. The Morgan fingerprint density at radius 1 is 1.03 bits per heavy atom. The van der Waals surface area contributed by atoms with E-state index < -0.39 is 29.1 Å². The van der Waals surface area contributed by atoms with Crippen LogP contribution in [-0.2, 0) is 40.3 Å². The van der Waals surface area contributed by atoms with Gasteiger partial charge in [-0.3, -0.25) is 28.8 Å². The highest BCUT2D eigenvalue weighted by molar-refractivity contribution is 6.07. The second kappa shape index (κ2) is 8.08. The first kappa shape index (κ1) is 23.3. The highest BCUT2D eigenvalue weighted by atomic mass is 16.2. The molecule has 2 heterocycles. The number of aryl methyl sites for hydroxylation is 2. The number of rotatable bonds is 5. The third-order valence-corrected chi connectivity index (χ3v) is 7.11. The summed E-state index contributed by atoms with van der Waals surface area (Å²) in [5, 5.41) is 5.19. The van der Waals surface area contributed by atoms with Crippen LogP contribution in [0.15, 0.2) is 35.1 Å². The normalized spacial score (nSPS) is 18.7. The Hall–Kier alpha value is -4.41. The zero-order valence-corrected chi connectivity index (χ0v) is 20.2. The lowest BCUT2D eigenvalue weighted by atomic mass is 9.95. The van der Waals surface area contributed by atoms with E-state index in [4.69, 9.17) is 5.73 Å². The average molecular weight is 491 g/mol. The number of likely N-dealkylation sites (N-methyl/N-ethyl adjacent to an activating group) is 1. The monoisotopic (exact) mass is 490 g/mol. The first-order valence-electron chi connectivity index (χ1n) is 11.5.